The fourth-order valence-electron chi connectivity index (χ4n) is 2.17. The Labute approximate surface area is 139 Å². The van der Waals surface area contributed by atoms with Crippen LogP contribution in [0.1, 0.15) is 5.56 Å². The van der Waals surface area contributed by atoms with Gasteiger partial charge in [-0.25, -0.2) is 0 Å². The monoisotopic (exact) mass is 316 g/mol. The largest absolute Gasteiger partial charge is 0.489 e. The molecule has 2 rings (SSSR count). The molecule has 2 aromatic rings. The predicted octanol–water partition coefficient (Wildman–Crippen LogP) is 0.352. The molecule has 0 aromatic heterocycles. The van der Waals surface area contributed by atoms with Crippen molar-refractivity contribution in [2.75, 3.05) is 40.3 Å². The number of ether oxygens (including phenoxy) is 2. The molecule has 4 heteroatoms. The summed E-state index contributed by atoms with van der Waals surface area (Å²) in [4.78, 5) is 1.48. The second-order valence-corrected chi connectivity index (χ2v) is 5.92. The highest BCUT2D eigenvalue weighted by Gasteiger charge is 1.99. The minimum atomic E-state index is 0.587. The fraction of sp³-hybridized carbons (Fsp3) is 0.368. The molecule has 0 aliphatic carbocycles. The summed E-state index contributed by atoms with van der Waals surface area (Å²) in [6.45, 7) is 4.61. The third-order valence-corrected chi connectivity index (χ3v) is 3.51. The lowest BCUT2D eigenvalue weighted by molar-refractivity contribution is -0.874. The highest BCUT2D eigenvalue weighted by Crippen LogP contribution is 2.18. The zero-order valence-corrected chi connectivity index (χ0v) is 14.1. The van der Waals surface area contributed by atoms with Crippen LogP contribution in [0.15, 0.2) is 54.6 Å². The first-order valence-electron chi connectivity index (χ1n) is 8.24. The van der Waals surface area contributed by atoms with E-state index in [0.717, 1.165) is 31.2 Å². The molecule has 0 atom stereocenters. The van der Waals surface area contributed by atoms with Crippen molar-refractivity contribution in [2.24, 2.45) is 0 Å². The lowest BCUT2D eigenvalue weighted by atomic mass is 10.2. The van der Waals surface area contributed by atoms with Crippen molar-refractivity contribution in [1.29, 1.82) is 0 Å². The van der Waals surface area contributed by atoms with Crippen LogP contribution < -0.4 is 19.7 Å². The summed E-state index contributed by atoms with van der Waals surface area (Å²) < 4.78 is 11.5. The van der Waals surface area contributed by atoms with Crippen molar-refractivity contribution >= 4 is 0 Å². The Balaban J connectivity index is 1.64. The first kappa shape index (κ1) is 17.3. The molecule has 0 saturated heterocycles. The Kier molecular flexibility index (Phi) is 7.43. The van der Waals surface area contributed by atoms with Gasteiger partial charge in [0.25, 0.3) is 0 Å². The van der Waals surface area contributed by atoms with Crippen LogP contribution in [0.5, 0.6) is 11.5 Å². The molecule has 0 spiro atoms. The molecule has 0 unspecified atom stereocenters. The second kappa shape index (κ2) is 9.87. The van der Waals surface area contributed by atoms with Crippen LogP contribution >= 0.6 is 0 Å². The van der Waals surface area contributed by atoms with Gasteiger partial charge in [0.1, 0.15) is 44.3 Å². The van der Waals surface area contributed by atoms with E-state index in [4.69, 9.17) is 9.47 Å². The van der Waals surface area contributed by atoms with Gasteiger partial charge in [0.05, 0.1) is 14.1 Å². The van der Waals surface area contributed by atoms with Gasteiger partial charge < -0.3 is 19.7 Å². The van der Waals surface area contributed by atoms with Crippen LogP contribution in [0.4, 0.5) is 0 Å². The second-order valence-electron chi connectivity index (χ2n) is 5.92. The van der Waals surface area contributed by atoms with E-state index in [1.165, 1.54) is 17.0 Å². The van der Waals surface area contributed by atoms with Gasteiger partial charge in [0.15, 0.2) is 0 Å². The molecule has 124 valence electrons. The first-order valence-corrected chi connectivity index (χ1v) is 8.24. The third-order valence-electron chi connectivity index (χ3n) is 3.51. The van der Waals surface area contributed by atoms with Crippen molar-refractivity contribution < 1.29 is 19.7 Å². The Morgan fingerprint density at radius 3 is 2.13 bits per heavy atom. The van der Waals surface area contributed by atoms with E-state index in [9.17, 15) is 0 Å². The molecule has 0 heterocycles. The SMILES string of the molecule is C[NH+](C)CC[NH2+]CCOc1ccc(OCc2ccccc2)cc1. The number of benzene rings is 2. The number of hydrogen-bond acceptors (Lipinski definition) is 2. The topological polar surface area (TPSA) is 39.5 Å². The van der Waals surface area contributed by atoms with Crippen LogP contribution in [-0.4, -0.2) is 40.3 Å². The highest BCUT2D eigenvalue weighted by molar-refractivity contribution is 5.31. The van der Waals surface area contributed by atoms with E-state index in [1.807, 2.05) is 42.5 Å². The Morgan fingerprint density at radius 1 is 0.826 bits per heavy atom. The number of nitrogens with one attached hydrogen (secondary N) is 1. The third kappa shape index (κ3) is 7.17. The normalized spacial score (nSPS) is 10.7. The molecule has 2 aromatic carbocycles. The number of quaternary nitrogens is 2. The van der Waals surface area contributed by atoms with E-state index in [2.05, 4.69) is 31.5 Å². The van der Waals surface area contributed by atoms with Gasteiger partial charge in [0, 0.05) is 0 Å². The van der Waals surface area contributed by atoms with E-state index < -0.39 is 0 Å². The average Bonchev–Trinajstić information content (AvgIpc) is 2.58. The zero-order chi connectivity index (χ0) is 16.3. The standard InChI is InChI=1S/C19H26N2O2/c1-21(2)14-12-20-13-15-22-18-8-10-19(11-9-18)23-16-17-6-4-3-5-7-17/h3-11,20H,12-16H2,1-2H3/p+2. The lowest BCUT2D eigenvalue weighted by Gasteiger charge is -2.09. The molecular weight excluding hydrogens is 288 g/mol. The molecule has 23 heavy (non-hydrogen) atoms. The quantitative estimate of drug-likeness (QED) is 0.621. The average molecular weight is 316 g/mol. The predicted molar refractivity (Wildman–Crippen MR) is 92.0 cm³/mol. The summed E-state index contributed by atoms with van der Waals surface area (Å²) in [5.41, 5.74) is 1.17. The summed E-state index contributed by atoms with van der Waals surface area (Å²) in [7, 11) is 4.34. The van der Waals surface area contributed by atoms with Crippen molar-refractivity contribution in [1.82, 2.24) is 0 Å². The molecule has 3 N–H and O–H groups in total. The van der Waals surface area contributed by atoms with E-state index in [-0.39, 0.29) is 0 Å². The van der Waals surface area contributed by atoms with Crippen molar-refractivity contribution in [3.8, 4) is 11.5 Å². The van der Waals surface area contributed by atoms with Gasteiger partial charge in [-0.15, -0.1) is 0 Å². The van der Waals surface area contributed by atoms with Gasteiger partial charge >= 0.3 is 0 Å². The molecule has 4 nitrogen and oxygen atoms in total. The first-order chi connectivity index (χ1) is 11.2. The Bertz CT molecular complexity index is 541. The number of rotatable bonds is 10. The summed E-state index contributed by atoms with van der Waals surface area (Å²) in [6.07, 6.45) is 0. The van der Waals surface area contributed by atoms with Crippen LogP contribution in [-0.2, 0) is 6.61 Å². The molecular formula is C19H28N2O2+2. The van der Waals surface area contributed by atoms with E-state index >= 15 is 0 Å². The molecule has 0 bridgehead atoms. The Morgan fingerprint density at radius 2 is 1.48 bits per heavy atom. The minimum Gasteiger partial charge on any atom is -0.489 e. The highest BCUT2D eigenvalue weighted by atomic mass is 16.5. The Hall–Kier alpha value is -2.04. The van der Waals surface area contributed by atoms with Gasteiger partial charge in [-0.1, -0.05) is 30.3 Å². The van der Waals surface area contributed by atoms with Crippen molar-refractivity contribution in [3.05, 3.63) is 60.2 Å². The maximum Gasteiger partial charge on any atom is 0.137 e. The lowest BCUT2D eigenvalue weighted by Crippen LogP contribution is -3.09. The summed E-state index contributed by atoms with van der Waals surface area (Å²) in [6, 6.07) is 18.0. The van der Waals surface area contributed by atoms with Crippen LogP contribution in [0.25, 0.3) is 0 Å². The van der Waals surface area contributed by atoms with E-state index in [1.54, 1.807) is 0 Å². The molecule has 0 amide bonds. The van der Waals surface area contributed by atoms with Crippen LogP contribution in [0, 0.1) is 0 Å². The van der Waals surface area contributed by atoms with E-state index in [0.29, 0.717) is 6.61 Å². The molecule has 0 saturated carbocycles. The molecule has 0 aliphatic heterocycles. The summed E-state index contributed by atoms with van der Waals surface area (Å²) in [5, 5.41) is 2.30. The number of likely N-dealkylation sites (N-methyl/N-ethyl adjacent to an activating group) is 1. The molecule has 0 fully saturated rings. The molecule has 0 aliphatic rings. The fourth-order valence-corrected chi connectivity index (χ4v) is 2.17. The van der Waals surface area contributed by atoms with Crippen LogP contribution in [0.3, 0.4) is 0 Å². The van der Waals surface area contributed by atoms with Crippen molar-refractivity contribution in [3.63, 3.8) is 0 Å². The maximum atomic E-state index is 5.76. The summed E-state index contributed by atoms with van der Waals surface area (Å²) in [5.74, 6) is 1.76. The van der Waals surface area contributed by atoms with Crippen LogP contribution in [0.2, 0.25) is 0 Å². The smallest absolute Gasteiger partial charge is 0.137 e. The van der Waals surface area contributed by atoms with Gasteiger partial charge in [0.2, 0.25) is 0 Å². The van der Waals surface area contributed by atoms with Gasteiger partial charge in [-0.05, 0) is 29.8 Å². The maximum absolute atomic E-state index is 5.76. The van der Waals surface area contributed by atoms with Gasteiger partial charge in [-0.3, -0.25) is 0 Å². The van der Waals surface area contributed by atoms with Crippen molar-refractivity contribution in [2.45, 2.75) is 6.61 Å². The number of nitrogens with two attached hydrogens (primary N) is 1. The summed E-state index contributed by atoms with van der Waals surface area (Å²) >= 11 is 0. The molecule has 0 radical (unpaired) electrons. The number of hydrogen-bond donors (Lipinski definition) is 2. The minimum absolute atomic E-state index is 0.587. The van der Waals surface area contributed by atoms with Gasteiger partial charge in [-0.2, -0.15) is 0 Å². The zero-order valence-electron chi connectivity index (χ0n) is 14.1.